The number of carbonyl (C=O) groups is 1. The zero-order valence-corrected chi connectivity index (χ0v) is 15.3. The third kappa shape index (κ3) is 3.60. The predicted molar refractivity (Wildman–Crippen MR) is 101 cm³/mol. The molecular formula is C18H18N2O5S. The van der Waals surface area contributed by atoms with Crippen LogP contribution in [0.4, 0.5) is 5.69 Å². The monoisotopic (exact) mass is 374 g/mol. The first-order chi connectivity index (χ1) is 12.5. The minimum atomic E-state index is -1.25. The molecule has 0 aliphatic heterocycles. The Bertz CT molecular complexity index is 899. The van der Waals surface area contributed by atoms with Crippen molar-refractivity contribution in [1.82, 2.24) is 4.98 Å². The average molecular weight is 374 g/mol. The van der Waals surface area contributed by atoms with Crippen LogP contribution >= 0.6 is 11.3 Å². The fourth-order valence-electron chi connectivity index (χ4n) is 2.46. The van der Waals surface area contributed by atoms with Crippen molar-refractivity contribution in [3.8, 4) is 27.4 Å². The smallest absolute Gasteiger partial charge is 0.353 e. The van der Waals surface area contributed by atoms with Gasteiger partial charge in [0.15, 0.2) is 0 Å². The molecule has 0 radical (unpaired) electrons. The Morgan fingerprint density at radius 1 is 1.23 bits per heavy atom. The van der Waals surface area contributed by atoms with Gasteiger partial charge in [0, 0.05) is 10.4 Å². The number of hydrogen-bond donors (Lipinski definition) is 2. The molecule has 1 aromatic carbocycles. The largest absolute Gasteiger partial charge is 0.497 e. The summed E-state index contributed by atoms with van der Waals surface area (Å²) < 4.78 is 5.07. The molecule has 26 heavy (non-hydrogen) atoms. The van der Waals surface area contributed by atoms with E-state index in [-0.39, 0.29) is 22.6 Å². The van der Waals surface area contributed by atoms with Crippen molar-refractivity contribution in [3.05, 3.63) is 57.6 Å². The highest BCUT2D eigenvalue weighted by molar-refractivity contribution is 7.13. The molecule has 2 aromatic heterocycles. The molecule has 0 aliphatic rings. The summed E-state index contributed by atoms with van der Waals surface area (Å²) in [6, 6.07) is 9.97. The maximum atomic E-state index is 11.6. The van der Waals surface area contributed by atoms with Crippen molar-refractivity contribution in [2.24, 2.45) is 0 Å². The van der Waals surface area contributed by atoms with Gasteiger partial charge in [-0.2, -0.15) is 0 Å². The van der Waals surface area contributed by atoms with Gasteiger partial charge in [-0.25, -0.2) is 4.79 Å². The zero-order valence-electron chi connectivity index (χ0n) is 14.5. The lowest BCUT2D eigenvalue weighted by Crippen LogP contribution is -1.99. The standard InChI is InChI=1S/C16H12N2O5S.C2H6/c1-23-10-6-4-9(5-7-10)13-15(18(21)22)12(11-3-2-8-24-11)14(17-13)16(19)20;1-2/h2-8,17H,1H3,(H,19,20);1-2H3. The molecule has 0 atom stereocenters. The fraction of sp³-hybridized carbons (Fsp3) is 0.167. The van der Waals surface area contributed by atoms with E-state index >= 15 is 0 Å². The number of nitrogens with zero attached hydrogens (tertiary/aromatic N) is 1. The molecule has 0 bridgehead atoms. The van der Waals surface area contributed by atoms with Gasteiger partial charge in [0.1, 0.15) is 22.7 Å². The molecule has 8 heteroatoms. The van der Waals surface area contributed by atoms with Gasteiger partial charge in [-0.3, -0.25) is 10.1 Å². The summed E-state index contributed by atoms with van der Waals surface area (Å²) in [7, 11) is 1.52. The second-order valence-electron chi connectivity index (χ2n) is 4.87. The Kier molecular flexibility index (Phi) is 6.13. The number of carboxylic acid groups (broad SMARTS) is 1. The van der Waals surface area contributed by atoms with Crippen molar-refractivity contribution in [3.63, 3.8) is 0 Å². The van der Waals surface area contributed by atoms with Crippen molar-refractivity contribution in [2.75, 3.05) is 7.11 Å². The van der Waals surface area contributed by atoms with Crippen LogP contribution in [0.2, 0.25) is 0 Å². The quantitative estimate of drug-likeness (QED) is 0.480. The van der Waals surface area contributed by atoms with Crippen LogP contribution in [0.25, 0.3) is 21.7 Å². The number of aromatic carboxylic acids is 1. The zero-order chi connectivity index (χ0) is 19.3. The van der Waals surface area contributed by atoms with Gasteiger partial charge in [-0.05, 0) is 35.7 Å². The Labute approximate surface area is 154 Å². The molecule has 2 heterocycles. The molecule has 3 rings (SSSR count). The maximum absolute atomic E-state index is 11.6. The minimum absolute atomic E-state index is 0.0910. The maximum Gasteiger partial charge on any atom is 0.353 e. The average Bonchev–Trinajstić information content (AvgIpc) is 3.30. The number of hydrogen-bond acceptors (Lipinski definition) is 5. The number of aromatic nitrogens is 1. The molecule has 7 nitrogen and oxygen atoms in total. The number of carboxylic acids is 1. The van der Waals surface area contributed by atoms with Gasteiger partial charge >= 0.3 is 11.7 Å². The molecule has 0 fully saturated rings. The predicted octanol–water partition coefficient (Wildman–Crippen LogP) is 5.05. The lowest BCUT2D eigenvalue weighted by atomic mass is 10.1. The summed E-state index contributed by atoms with van der Waals surface area (Å²) in [5.74, 6) is -0.647. The molecule has 0 spiro atoms. The fourth-order valence-corrected chi connectivity index (χ4v) is 3.24. The van der Waals surface area contributed by atoms with Crippen molar-refractivity contribution in [1.29, 1.82) is 0 Å². The van der Waals surface area contributed by atoms with E-state index in [1.807, 2.05) is 13.8 Å². The van der Waals surface area contributed by atoms with Crippen LogP contribution in [0.1, 0.15) is 24.3 Å². The normalized spacial score (nSPS) is 9.96. The molecule has 136 valence electrons. The van der Waals surface area contributed by atoms with Crippen LogP contribution in [0.15, 0.2) is 41.8 Å². The number of methoxy groups -OCH3 is 1. The lowest BCUT2D eigenvalue weighted by Gasteiger charge is -2.02. The highest BCUT2D eigenvalue weighted by Crippen LogP contribution is 2.43. The van der Waals surface area contributed by atoms with Crippen LogP contribution in [-0.4, -0.2) is 28.1 Å². The van der Waals surface area contributed by atoms with Crippen LogP contribution in [0, 0.1) is 10.1 Å². The van der Waals surface area contributed by atoms with E-state index in [4.69, 9.17) is 4.74 Å². The number of H-pyrrole nitrogens is 1. The number of ether oxygens (including phenoxy) is 1. The van der Waals surface area contributed by atoms with E-state index in [1.54, 1.807) is 41.8 Å². The van der Waals surface area contributed by atoms with Gasteiger partial charge in [0.05, 0.1) is 12.0 Å². The molecule has 0 saturated carbocycles. The second kappa shape index (κ2) is 8.30. The van der Waals surface area contributed by atoms with Crippen molar-refractivity contribution < 1.29 is 19.6 Å². The number of nitrogens with one attached hydrogen (secondary N) is 1. The topological polar surface area (TPSA) is 105 Å². The van der Waals surface area contributed by atoms with Crippen LogP contribution in [0.5, 0.6) is 5.75 Å². The Hall–Kier alpha value is -3.13. The summed E-state index contributed by atoms with van der Waals surface area (Å²) in [6.45, 7) is 4.00. The first kappa shape index (κ1) is 19.2. The lowest BCUT2D eigenvalue weighted by molar-refractivity contribution is -0.383. The molecule has 0 unspecified atom stereocenters. The summed E-state index contributed by atoms with van der Waals surface area (Å²) >= 11 is 1.25. The SMILES string of the molecule is CC.COc1ccc(-c2[nH]c(C(=O)O)c(-c3cccs3)c2[N+](=O)[O-])cc1. The van der Waals surface area contributed by atoms with E-state index in [1.165, 1.54) is 18.4 Å². The van der Waals surface area contributed by atoms with Gasteiger partial charge in [-0.15, -0.1) is 11.3 Å². The highest BCUT2D eigenvalue weighted by atomic mass is 32.1. The third-order valence-electron chi connectivity index (χ3n) is 3.52. The van der Waals surface area contributed by atoms with E-state index in [2.05, 4.69) is 4.98 Å². The summed E-state index contributed by atoms with van der Waals surface area (Å²) in [6.07, 6.45) is 0. The molecule has 0 aliphatic carbocycles. The number of rotatable bonds is 5. The van der Waals surface area contributed by atoms with Crippen LogP contribution in [-0.2, 0) is 0 Å². The molecule has 0 saturated heterocycles. The summed E-state index contributed by atoms with van der Waals surface area (Å²) in [5.41, 5.74) is 0.305. The van der Waals surface area contributed by atoms with Gasteiger partial charge in [-0.1, -0.05) is 19.9 Å². The first-order valence-electron chi connectivity index (χ1n) is 7.85. The van der Waals surface area contributed by atoms with E-state index < -0.39 is 10.9 Å². The van der Waals surface area contributed by atoms with Crippen molar-refractivity contribution >= 4 is 23.0 Å². The Balaban J connectivity index is 0.00000117. The van der Waals surface area contributed by atoms with Crippen LogP contribution < -0.4 is 4.74 Å². The van der Waals surface area contributed by atoms with Gasteiger partial charge < -0.3 is 14.8 Å². The van der Waals surface area contributed by atoms with E-state index in [9.17, 15) is 20.0 Å². The Morgan fingerprint density at radius 2 is 1.88 bits per heavy atom. The molecule has 0 amide bonds. The van der Waals surface area contributed by atoms with Crippen LogP contribution in [0.3, 0.4) is 0 Å². The van der Waals surface area contributed by atoms with Gasteiger partial charge in [0.25, 0.3) is 0 Å². The third-order valence-corrected chi connectivity index (χ3v) is 4.40. The number of nitro groups is 1. The number of thiophene rings is 1. The number of benzene rings is 1. The molecule has 2 N–H and O–H groups in total. The summed E-state index contributed by atoms with van der Waals surface area (Å²) in [4.78, 5) is 25.9. The summed E-state index contributed by atoms with van der Waals surface area (Å²) in [5, 5.41) is 22.8. The van der Waals surface area contributed by atoms with E-state index in [0.29, 0.717) is 16.2 Å². The van der Waals surface area contributed by atoms with E-state index in [0.717, 1.165) is 0 Å². The molecule has 3 aromatic rings. The number of aromatic amines is 1. The van der Waals surface area contributed by atoms with Crippen molar-refractivity contribution in [2.45, 2.75) is 13.8 Å². The first-order valence-corrected chi connectivity index (χ1v) is 8.73. The second-order valence-corrected chi connectivity index (χ2v) is 5.81. The molecular weight excluding hydrogens is 356 g/mol. The highest BCUT2D eigenvalue weighted by Gasteiger charge is 2.32. The minimum Gasteiger partial charge on any atom is -0.497 e. The Morgan fingerprint density at radius 3 is 2.35 bits per heavy atom. The van der Waals surface area contributed by atoms with Gasteiger partial charge in [0.2, 0.25) is 0 Å².